The van der Waals surface area contributed by atoms with E-state index in [0.717, 1.165) is 18.8 Å². The molecular formula is C9H16N2O. The molecule has 3 heteroatoms. The average molecular weight is 168 g/mol. The molecule has 0 aromatic heterocycles. The molecule has 0 saturated carbocycles. The van der Waals surface area contributed by atoms with Gasteiger partial charge in [-0.3, -0.25) is 0 Å². The summed E-state index contributed by atoms with van der Waals surface area (Å²) in [6, 6.07) is 0. The first-order valence-corrected chi connectivity index (χ1v) is 4.28. The number of piperazine rings is 1. The van der Waals surface area contributed by atoms with Gasteiger partial charge in [0.2, 0.25) is 0 Å². The van der Waals surface area contributed by atoms with Crippen molar-refractivity contribution in [3.05, 3.63) is 5.70 Å². The molecule has 1 aliphatic heterocycles. The Balaban J connectivity index is 2.80. The van der Waals surface area contributed by atoms with Gasteiger partial charge in [0.05, 0.1) is 0 Å². The third-order valence-corrected chi connectivity index (χ3v) is 2.06. The van der Waals surface area contributed by atoms with Crippen molar-refractivity contribution in [1.82, 2.24) is 10.2 Å². The summed E-state index contributed by atoms with van der Waals surface area (Å²) in [6.45, 7) is 8.82. The Morgan fingerprint density at radius 2 is 2.17 bits per heavy atom. The highest BCUT2D eigenvalue weighted by molar-refractivity contribution is 5.53. The second kappa shape index (κ2) is 3.30. The molecule has 1 rings (SSSR count). The topological polar surface area (TPSA) is 32.3 Å². The van der Waals surface area contributed by atoms with Crippen LogP contribution in [0.15, 0.2) is 5.70 Å². The zero-order valence-electron chi connectivity index (χ0n) is 7.98. The van der Waals surface area contributed by atoms with Crippen molar-refractivity contribution in [2.24, 2.45) is 0 Å². The maximum atomic E-state index is 10.6. The van der Waals surface area contributed by atoms with Crippen LogP contribution in [0.5, 0.6) is 0 Å². The molecule has 1 fully saturated rings. The van der Waals surface area contributed by atoms with Crippen LogP contribution in [0.25, 0.3) is 0 Å². The lowest BCUT2D eigenvalue weighted by Crippen LogP contribution is -2.50. The SMILES string of the molecule is CC(C)(C)N1CCNCC1=C=O. The van der Waals surface area contributed by atoms with Gasteiger partial charge in [0.1, 0.15) is 11.6 Å². The predicted molar refractivity (Wildman–Crippen MR) is 48.5 cm³/mol. The van der Waals surface area contributed by atoms with E-state index in [1.165, 1.54) is 0 Å². The summed E-state index contributed by atoms with van der Waals surface area (Å²) >= 11 is 0. The maximum Gasteiger partial charge on any atom is 0.147 e. The Morgan fingerprint density at radius 1 is 1.50 bits per heavy atom. The van der Waals surface area contributed by atoms with E-state index >= 15 is 0 Å². The lowest BCUT2D eigenvalue weighted by atomic mass is 10.0. The van der Waals surface area contributed by atoms with E-state index in [9.17, 15) is 4.79 Å². The lowest BCUT2D eigenvalue weighted by Gasteiger charge is -2.40. The van der Waals surface area contributed by atoms with Crippen LogP contribution >= 0.6 is 0 Å². The molecule has 0 spiro atoms. The molecule has 12 heavy (non-hydrogen) atoms. The standard InChI is InChI=1S/C9H16N2O/c1-9(2,3)11-5-4-10-6-8(11)7-12/h10H,4-6H2,1-3H3. The molecular weight excluding hydrogens is 152 g/mol. The highest BCUT2D eigenvalue weighted by Gasteiger charge is 2.26. The Hall–Kier alpha value is -0.790. The van der Waals surface area contributed by atoms with E-state index < -0.39 is 0 Å². The van der Waals surface area contributed by atoms with Gasteiger partial charge in [-0.05, 0) is 20.8 Å². The van der Waals surface area contributed by atoms with Crippen LogP contribution in [0, 0.1) is 0 Å². The highest BCUT2D eigenvalue weighted by atomic mass is 16.1. The van der Waals surface area contributed by atoms with Crippen molar-refractivity contribution in [3.8, 4) is 0 Å². The first-order valence-electron chi connectivity index (χ1n) is 4.28. The van der Waals surface area contributed by atoms with Gasteiger partial charge < -0.3 is 10.2 Å². The van der Waals surface area contributed by atoms with Crippen molar-refractivity contribution in [3.63, 3.8) is 0 Å². The fourth-order valence-corrected chi connectivity index (χ4v) is 1.46. The molecule has 0 atom stereocenters. The molecule has 1 N–H and O–H groups in total. The van der Waals surface area contributed by atoms with Gasteiger partial charge in [0.25, 0.3) is 0 Å². The van der Waals surface area contributed by atoms with Crippen molar-refractivity contribution in [2.75, 3.05) is 19.6 Å². The molecule has 0 aliphatic carbocycles. The van der Waals surface area contributed by atoms with Crippen molar-refractivity contribution in [2.45, 2.75) is 26.3 Å². The summed E-state index contributed by atoms with van der Waals surface area (Å²) in [7, 11) is 0. The molecule has 68 valence electrons. The second-order valence-corrected chi connectivity index (χ2v) is 4.05. The number of rotatable bonds is 0. The van der Waals surface area contributed by atoms with Crippen LogP contribution in [-0.4, -0.2) is 36.0 Å². The van der Waals surface area contributed by atoms with E-state index in [1.807, 2.05) is 5.94 Å². The first-order chi connectivity index (χ1) is 5.55. The monoisotopic (exact) mass is 168 g/mol. The smallest absolute Gasteiger partial charge is 0.147 e. The van der Waals surface area contributed by atoms with Gasteiger partial charge in [-0.1, -0.05) is 0 Å². The summed E-state index contributed by atoms with van der Waals surface area (Å²) in [5, 5.41) is 3.15. The van der Waals surface area contributed by atoms with E-state index in [1.54, 1.807) is 0 Å². The minimum Gasteiger partial charge on any atom is -0.359 e. The van der Waals surface area contributed by atoms with Gasteiger partial charge in [-0.25, -0.2) is 4.79 Å². The first kappa shape index (κ1) is 9.30. The van der Waals surface area contributed by atoms with Gasteiger partial charge in [0.15, 0.2) is 0 Å². The quantitative estimate of drug-likeness (QED) is 0.532. The van der Waals surface area contributed by atoms with E-state index in [2.05, 4.69) is 31.0 Å². The van der Waals surface area contributed by atoms with Crippen LogP contribution in [0.1, 0.15) is 20.8 Å². The summed E-state index contributed by atoms with van der Waals surface area (Å²) in [6.07, 6.45) is 0. The molecule has 1 heterocycles. The molecule has 0 unspecified atom stereocenters. The highest BCUT2D eigenvalue weighted by Crippen LogP contribution is 2.18. The summed E-state index contributed by atoms with van der Waals surface area (Å²) in [5.41, 5.74) is 0.781. The minimum atomic E-state index is 0.0366. The normalized spacial score (nSPS) is 19.2. The van der Waals surface area contributed by atoms with Crippen LogP contribution in [-0.2, 0) is 4.79 Å². The molecule has 0 aromatic rings. The minimum absolute atomic E-state index is 0.0366. The molecule has 3 nitrogen and oxygen atoms in total. The van der Waals surface area contributed by atoms with E-state index in [0.29, 0.717) is 6.54 Å². The fourth-order valence-electron chi connectivity index (χ4n) is 1.46. The van der Waals surface area contributed by atoms with Gasteiger partial charge in [0, 0.05) is 25.2 Å². The Morgan fingerprint density at radius 3 is 2.58 bits per heavy atom. The summed E-state index contributed by atoms with van der Waals surface area (Å²) in [5.74, 6) is 1.99. The van der Waals surface area contributed by atoms with Crippen LogP contribution < -0.4 is 5.32 Å². The van der Waals surface area contributed by atoms with Crippen molar-refractivity contribution < 1.29 is 4.79 Å². The predicted octanol–water partition coefficient (Wildman–Crippen LogP) is 0.406. The van der Waals surface area contributed by atoms with Crippen molar-refractivity contribution >= 4 is 5.94 Å². The Bertz CT molecular complexity index is 211. The number of nitrogens with one attached hydrogen (secondary N) is 1. The number of nitrogens with zero attached hydrogens (tertiary/aromatic N) is 1. The molecule has 0 bridgehead atoms. The maximum absolute atomic E-state index is 10.6. The van der Waals surface area contributed by atoms with Crippen LogP contribution in [0.4, 0.5) is 0 Å². The second-order valence-electron chi connectivity index (χ2n) is 4.05. The zero-order valence-corrected chi connectivity index (χ0v) is 7.98. The zero-order chi connectivity index (χ0) is 9.19. The van der Waals surface area contributed by atoms with Gasteiger partial charge in [-0.15, -0.1) is 0 Å². The van der Waals surface area contributed by atoms with E-state index in [4.69, 9.17) is 0 Å². The number of hydrogen-bond acceptors (Lipinski definition) is 3. The molecule has 1 saturated heterocycles. The largest absolute Gasteiger partial charge is 0.359 e. The van der Waals surface area contributed by atoms with E-state index in [-0.39, 0.29) is 5.54 Å². The number of hydrogen-bond donors (Lipinski definition) is 1. The molecule has 0 amide bonds. The molecule has 0 radical (unpaired) electrons. The van der Waals surface area contributed by atoms with Gasteiger partial charge >= 0.3 is 0 Å². The lowest BCUT2D eigenvalue weighted by molar-refractivity contribution is 0.166. The van der Waals surface area contributed by atoms with Gasteiger partial charge in [-0.2, -0.15) is 0 Å². The number of carbonyl (C=O) groups excluding carboxylic acids is 1. The van der Waals surface area contributed by atoms with Crippen molar-refractivity contribution in [1.29, 1.82) is 0 Å². The fraction of sp³-hybridized carbons (Fsp3) is 0.778. The molecule has 1 aliphatic rings. The Labute approximate surface area is 73.4 Å². The third kappa shape index (κ3) is 1.87. The summed E-state index contributed by atoms with van der Waals surface area (Å²) in [4.78, 5) is 12.7. The van der Waals surface area contributed by atoms with Crippen LogP contribution in [0.3, 0.4) is 0 Å². The van der Waals surface area contributed by atoms with Crippen LogP contribution in [0.2, 0.25) is 0 Å². The third-order valence-electron chi connectivity index (χ3n) is 2.06. The average Bonchev–Trinajstić information content (AvgIpc) is 2.03. The molecule has 0 aromatic carbocycles. The summed E-state index contributed by atoms with van der Waals surface area (Å²) < 4.78 is 0. The Kier molecular flexibility index (Phi) is 2.55.